The number of anilines is 1. The number of carbonyl (C=O) groups excluding carboxylic acids is 1. The molecule has 4 rings (SSSR count). The number of rotatable bonds is 7. The number of nitrogens with zero attached hydrogens (tertiary/aromatic N) is 3. The summed E-state index contributed by atoms with van der Waals surface area (Å²) in [6, 6.07) is 21.5. The predicted octanol–water partition coefficient (Wildman–Crippen LogP) is 4.98. The number of benzene rings is 3. The molecule has 6 heteroatoms. The molecule has 0 unspecified atom stereocenters. The Bertz CT molecular complexity index is 1210. The van der Waals surface area contributed by atoms with Crippen LogP contribution in [0.1, 0.15) is 34.7 Å². The fourth-order valence-corrected chi connectivity index (χ4v) is 4.05. The molecule has 3 aromatic carbocycles. The fourth-order valence-electron chi connectivity index (χ4n) is 4.05. The normalized spacial score (nSPS) is 14.6. The summed E-state index contributed by atoms with van der Waals surface area (Å²) >= 11 is 0. The number of hydrogen-bond acceptors (Lipinski definition) is 5. The number of hydrogen-bond donors (Lipinski definition) is 2. The van der Waals surface area contributed by atoms with E-state index in [1.165, 1.54) is 21.7 Å². The van der Waals surface area contributed by atoms with Gasteiger partial charge >= 0.3 is 0 Å². The minimum Gasteiger partial charge on any atom is -0.505 e. The van der Waals surface area contributed by atoms with Gasteiger partial charge in [0, 0.05) is 0 Å². The number of aryl methyl sites for hydroxylation is 3. The lowest BCUT2D eigenvalue weighted by Gasteiger charge is -2.13. The molecular formula is C27H28N4O2. The van der Waals surface area contributed by atoms with Crippen LogP contribution in [-0.4, -0.2) is 27.4 Å². The lowest BCUT2D eigenvalue weighted by Crippen LogP contribution is -2.27. The van der Waals surface area contributed by atoms with E-state index in [-0.39, 0.29) is 17.4 Å². The summed E-state index contributed by atoms with van der Waals surface area (Å²) < 4.78 is 0. The van der Waals surface area contributed by atoms with Crippen molar-refractivity contribution in [3.05, 3.63) is 94.5 Å². The van der Waals surface area contributed by atoms with Gasteiger partial charge in [-0.3, -0.25) is 10.2 Å². The van der Waals surface area contributed by atoms with Crippen molar-refractivity contribution < 1.29 is 9.90 Å². The van der Waals surface area contributed by atoms with Gasteiger partial charge in [0.25, 0.3) is 5.91 Å². The zero-order valence-corrected chi connectivity index (χ0v) is 19.2. The van der Waals surface area contributed by atoms with Crippen molar-refractivity contribution in [3.8, 4) is 5.75 Å². The van der Waals surface area contributed by atoms with Crippen LogP contribution in [-0.2, 0) is 24.2 Å². The summed E-state index contributed by atoms with van der Waals surface area (Å²) in [4.78, 5) is 12.8. The van der Waals surface area contributed by atoms with E-state index < -0.39 is 0 Å². The summed E-state index contributed by atoms with van der Waals surface area (Å²) in [5.74, 6) is -0.121. The lowest BCUT2D eigenvalue weighted by atomic mass is 9.96. The summed E-state index contributed by atoms with van der Waals surface area (Å²) in [7, 11) is 0. The van der Waals surface area contributed by atoms with Gasteiger partial charge in [0.15, 0.2) is 5.71 Å². The predicted molar refractivity (Wildman–Crippen MR) is 133 cm³/mol. The van der Waals surface area contributed by atoms with Crippen LogP contribution < -0.4 is 5.43 Å². The quantitative estimate of drug-likeness (QED) is 0.402. The van der Waals surface area contributed by atoms with E-state index in [2.05, 4.69) is 47.7 Å². The van der Waals surface area contributed by atoms with Crippen molar-refractivity contribution >= 4 is 23.0 Å². The first-order valence-corrected chi connectivity index (χ1v) is 11.0. The Hall–Kier alpha value is -3.93. The van der Waals surface area contributed by atoms with E-state index in [4.69, 9.17) is 0 Å². The maximum atomic E-state index is 12.8. The molecule has 168 valence electrons. The minimum atomic E-state index is -0.269. The molecule has 0 aromatic heterocycles. The molecule has 0 aliphatic carbocycles. The van der Waals surface area contributed by atoms with Crippen LogP contribution in [0.3, 0.4) is 0 Å². The summed E-state index contributed by atoms with van der Waals surface area (Å²) in [6.45, 7) is 6.36. The number of phenolic OH excluding ortho intramolecular Hbond substituents is 1. The smallest absolute Gasteiger partial charge is 0.296 e. The molecule has 1 heterocycles. The van der Waals surface area contributed by atoms with Gasteiger partial charge in [0.1, 0.15) is 5.75 Å². The van der Waals surface area contributed by atoms with E-state index in [0.29, 0.717) is 24.4 Å². The molecule has 0 radical (unpaired) electrons. The molecule has 6 nitrogen and oxygen atoms in total. The average molecular weight is 441 g/mol. The van der Waals surface area contributed by atoms with Crippen molar-refractivity contribution in [2.75, 3.05) is 5.43 Å². The van der Waals surface area contributed by atoms with Gasteiger partial charge in [-0.1, -0.05) is 60.7 Å². The molecular weight excluding hydrogens is 412 g/mol. The second-order valence-corrected chi connectivity index (χ2v) is 8.29. The highest BCUT2D eigenvalue weighted by molar-refractivity contribution is 6.68. The molecule has 0 bridgehead atoms. The molecule has 1 amide bonds. The zero-order valence-electron chi connectivity index (χ0n) is 19.2. The number of para-hydroxylation sites is 1. The number of aromatic hydroxyl groups is 1. The molecule has 0 saturated carbocycles. The largest absolute Gasteiger partial charge is 0.505 e. The lowest BCUT2D eigenvalue weighted by molar-refractivity contribution is -0.123. The monoisotopic (exact) mass is 440 g/mol. The van der Waals surface area contributed by atoms with Crippen LogP contribution in [0.25, 0.3) is 0 Å². The Balaban J connectivity index is 1.46. The molecule has 1 aliphatic heterocycles. The number of nitrogens with one attached hydrogen (secondary N) is 1. The van der Waals surface area contributed by atoms with Crippen molar-refractivity contribution in [2.45, 2.75) is 40.2 Å². The van der Waals surface area contributed by atoms with Crippen molar-refractivity contribution in [1.82, 2.24) is 5.01 Å². The molecule has 0 atom stereocenters. The van der Waals surface area contributed by atoms with Gasteiger partial charge in [0.05, 0.1) is 17.9 Å². The molecule has 33 heavy (non-hydrogen) atoms. The van der Waals surface area contributed by atoms with Crippen molar-refractivity contribution in [2.24, 2.45) is 10.2 Å². The second-order valence-electron chi connectivity index (χ2n) is 8.29. The van der Waals surface area contributed by atoms with Crippen LogP contribution in [0.4, 0.5) is 5.69 Å². The van der Waals surface area contributed by atoms with E-state index in [0.717, 1.165) is 17.5 Å². The molecule has 1 aliphatic rings. The second kappa shape index (κ2) is 9.69. The Morgan fingerprint density at radius 3 is 2.33 bits per heavy atom. The Labute approximate surface area is 194 Å². The summed E-state index contributed by atoms with van der Waals surface area (Å²) in [5.41, 5.74) is 9.74. The van der Waals surface area contributed by atoms with Gasteiger partial charge in [-0.15, -0.1) is 0 Å². The van der Waals surface area contributed by atoms with Gasteiger partial charge in [0.2, 0.25) is 0 Å². The Morgan fingerprint density at radius 1 is 0.909 bits per heavy atom. The molecule has 0 spiro atoms. The van der Waals surface area contributed by atoms with Crippen LogP contribution in [0, 0.1) is 13.8 Å². The minimum absolute atomic E-state index is 0.147. The number of amides is 1. The third kappa shape index (κ3) is 4.95. The van der Waals surface area contributed by atoms with Gasteiger partial charge in [-0.2, -0.15) is 10.2 Å². The summed E-state index contributed by atoms with van der Waals surface area (Å²) in [5, 5.41) is 20.8. The van der Waals surface area contributed by atoms with E-state index in [1.807, 2.05) is 42.5 Å². The van der Waals surface area contributed by atoms with Gasteiger partial charge in [-0.25, -0.2) is 5.01 Å². The fraction of sp³-hybridized carbons (Fsp3) is 0.222. The Morgan fingerprint density at radius 2 is 1.61 bits per heavy atom. The maximum Gasteiger partial charge on any atom is 0.296 e. The van der Waals surface area contributed by atoms with E-state index in [1.54, 1.807) is 13.0 Å². The van der Waals surface area contributed by atoms with E-state index in [9.17, 15) is 9.90 Å². The first-order chi connectivity index (χ1) is 15.9. The topological polar surface area (TPSA) is 77.3 Å². The molecule has 0 fully saturated rings. The Kier molecular flexibility index (Phi) is 6.54. The van der Waals surface area contributed by atoms with Crippen LogP contribution in [0.2, 0.25) is 0 Å². The number of hydrazone groups is 2. The molecule has 3 aromatic rings. The van der Waals surface area contributed by atoms with Crippen LogP contribution in [0.15, 0.2) is 76.9 Å². The molecule has 2 N–H and O–H groups in total. The van der Waals surface area contributed by atoms with Crippen LogP contribution >= 0.6 is 0 Å². The standard InChI is InChI=1S/C27H28N4O2/c1-18-9-7-10-19(2)23(18)16-15-22-13-8-14-24(26(22)32)28-29-25-20(3)30-31(27(25)33)17-21-11-5-4-6-12-21/h4-14,28,32H,15-17H2,1-3H3/b29-25-. The first-order valence-electron chi connectivity index (χ1n) is 11.0. The van der Waals surface area contributed by atoms with Crippen molar-refractivity contribution in [3.63, 3.8) is 0 Å². The molecule has 0 saturated heterocycles. The van der Waals surface area contributed by atoms with E-state index >= 15 is 0 Å². The first kappa shape index (κ1) is 22.3. The van der Waals surface area contributed by atoms with Crippen molar-refractivity contribution in [1.29, 1.82) is 0 Å². The SMILES string of the molecule is CC1=NN(Cc2ccccc2)C(=O)/C1=N\Nc1cccc(CCc2c(C)cccc2C)c1O. The summed E-state index contributed by atoms with van der Waals surface area (Å²) in [6.07, 6.45) is 1.54. The van der Waals surface area contributed by atoms with Gasteiger partial charge in [-0.05, 0) is 67.5 Å². The zero-order chi connectivity index (χ0) is 23.4. The third-order valence-electron chi connectivity index (χ3n) is 5.92. The number of phenols is 1. The van der Waals surface area contributed by atoms with Crippen LogP contribution in [0.5, 0.6) is 5.75 Å². The number of carbonyl (C=O) groups is 1. The highest BCUT2D eigenvalue weighted by Gasteiger charge is 2.29. The average Bonchev–Trinajstić information content (AvgIpc) is 3.06. The highest BCUT2D eigenvalue weighted by atomic mass is 16.3. The van der Waals surface area contributed by atoms with Gasteiger partial charge < -0.3 is 5.11 Å². The highest BCUT2D eigenvalue weighted by Crippen LogP contribution is 2.29. The third-order valence-corrected chi connectivity index (χ3v) is 5.92. The maximum absolute atomic E-state index is 12.8.